The average molecular weight is 381 g/mol. The lowest BCUT2D eigenvalue weighted by Gasteiger charge is -2.17. The summed E-state index contributed by atoms with van der Waals surface area (Å²) in [6, 6.07) is 11.9. The summed E-state index contributed by atoms with van der Waals surface area (Å²) < 4.78 is 0. The van der Waals surface area contributed by atoms with Gasteiger partial charge in [0, 0.05) is 25.1 Å². The summed E-state index contributed by atoms with van der Waals surface area (Å²) in [7, 11) is 1.65. The van der Waals surface area contributed by atoms with Gasteiger partial charge in [-0.2, -0.15) is 0 Å². The Kier molecular flexibility index (Phi) is 6.79. The van der Waals surface area contributed by atoms with Crippen molar-refractivity contribution in [2.45, 2.75) is 25.8 Å². The fraction of sp³-hybridized carbons (Fsp3) is 0.278. The number of carbonyl (C=O) groups excluding carboxylic acids is 1. The third-order valence-corrected chi connectivity index (χ3v) is 4.60. The number of aryl methyl sites for hydroxylation is 1. The summed E-state index contributed by atoms with van der Waals surface area (Å²) in [4.78, 5) is 24.4. The van der Waals surface area contributed by atoms with Gasteiger partial charge in [0.05, 0.1) is 21.5 Å². The molecule has 2 aromatic rings. The van der Waals surface area contributed by atoms with Crippen LogP contribution in [0, 0.1) is 10.1 Å². The van der Waals surface area contributed by atoms with E-state index in [1.807, 2.05) is 6.07 Å². The predicted octanol–water partition coefficient (Wildman–Crippen LogP) is 4.88. The molecule has 0 N–H and O–H groups in total. The lowest BCUT2D eigenvalue weighted by Crippen LogP contribution is -2.26. The van der Waals surface area contributed by atoms with Crippen molar-refractivity contribution in [1.29, 1.82) is 0 Å². The van der Waals surface area contributed by atoms with Gasteiger partial charge in [-0.25, -0.2) is 0 Å². The number of amides is 1. The van der Waals surface area contributed by atoms with Crippen molar-refractivity contribution >= 4 is 34.8 Å². The van der Waals surface area contributed by atoms with E-state index in [9.17, 15) is 14.9 Å². The number of nitro groups is 1. The first-order chi connectivity index (χ1) is 11.9. The number of hydrogen-bond acceptors (Lipinski definition) is 3. The highest BCUT2D eigenvalue weighted by molar-refractivity contribution is 6.42. The number of nitro benzene ring substituents is 1. The van der Waals surface area contributed by atoms with Crippen molar-refractivity contribution in [2.24, 2.45) is 0 Å². The molecule has 5 nitrogen and oxygen atoms in total. The fourth-order valence-corrected chi connectivity index (χ4v) is 2.82. The quantitative estimate of drug-likeness (QED) is 0.507. The SMILES string of the molecule is CN(Cc1ccccc1[N+](=O)[O-])C(=O)CCCc1ccc(Cl)c(Cl)c1. The van der Waals surface area contributed by atoms with Gasteiger partial charge in [0.2, 0.25) is 5.91 Å². The number of benzene rings is 2. The second-order valence-electron chi connectivity index (χ2n) is 5.74. The molecule has 0 atom stereocenters. The molecule has 0 bridgehead atoms. The molecule has 0 heterocycles. The zero-order chi connectivity index (χ0) is 18.4. The van der Waals surface area contributed by atoms with Gasteiger partial charge in [-0.1, -0.05) is 47.5 Å². The molecule has 0 unspecified atom stereocenters. The molecule has 0 spiro atoms. The standard InChI is InChI=1S/C18H18Cl2N2O3/c1-21(12-14-6-2-3-7-17(14)22(24)25)18(23)8-4-5-13-9-10-15(19)16(20)11-13/h2-3,6-7,9-11H,4-5,8,12H2,1H3. The number of carbonyl (C=O) groups is 1. The van der Waals surface area contributed by atoms with Crippen LogP contribution >= 0.6 is 23.2 Å². The smallest absolute Gasteiger partial charge is 0.274 e. The summed E-state index contributed by atoms with van der Waals surface area (Å²) >= 11 is 11.9. The van der Waals surface area contributed by atoms with Gasteiger partial charge in [0.1, 0.15) is 0 Å². The number of hydrogen-bond donors (Lipinski definition) is 0. The van der Waals surface area contributed by atoms with E-state index in [-0.39, 0.29) is 18.1 Å². The topological polar surface area (TPSA) is 63.4 Å². The van der Waals surface area contributed by atoms with E-state index in [2.05, 4.69) is 0 Å². The lowest BCUT2D eigenvalue weighted by atomic mass is 10.1. The summed E-state index contributed by atoms with van der Waals surface area (Å²) in [6.45, 7) is 0.211. The Morgan fingerprint density at radius 1 is 1.16 bits per heavy atom. The van der Waals surface area contributed by atoms with Crippen molar-refractivity contribution in [2.75, 3.05) is 7.05 Å². The summed E-state index contributed by atoms with van der Waals surface area (Å²) in [5, 5.41) is 12.0. The van der Waals surface area contributed by atoms with Crippen LogP contribution < -0.4 is 0 Å². The Morgan fingerprint density at radius 3 is 2.56 bits per heavy atom. The van der Waals surface area contributed by atoms with Crippen LogP contribution in [0.5, 0.6) is 0 Å². The maximum Gasteiger partial charge on any atom is 0.274 e. The Hall–Kier alpha value is -2.11. The van der Waals surface area contributed by atoms with Crippen LogP contribution in [0.4, 0.5) is 5.69 Å². The van der Waals surface area contributed by atoms with Crippen LogP contribution in [0.3, 0.4) is 0 Å². The van der Waals surface area contributed by atoms with Gasteiger partial charge < -0.3 is 4.90 Å². The van der Waals surface area contributed by atoms with Gasteiger partial charge >= 0.3 is 0 Å². The molecule has 0 fully saturated rings. The maximum absolute atomic E-state index is 12.2. The van der Waals surface area contributed by atoms with Crippen molar-refractivity contribution < 1.29 is 9.72 Å². The molecule has 1 amide bonds. The minimum absolute atomic E-state index is 0.0259. The molecule has 2 aromatic carbocycles. The molecular formula is C18H18Cl2N2O3. The second-order valence-corrected chi connectivity index (χ2v) is 6.55. The highest BCUT2D eigenvalue weighted by atomic mass is 35.5. The summed E-state index contributed by atoms with van der Waals surface area (Å²) in [5.74, 6) is -0.0572. The minimum Gasteiger partial charge on any atom is -0.341 e. The molecule has 0 aliphatic rings. The first-order valence-electron chi connectivity index (χ1n) is 7.78. The average Bonchev–Trinajstić information content (AvgIpc) is 2.58. The van der Waals surface area contributed by atoms with E-state index >= 15 is 0 Å². The lowest BCUT2D eigenvalue weighted by molar-refractivity contribution is -0.385. The van der Waals surface area contributed by atoms with E-state index in [0.717, 1.165) is 5.56 Å². The van der Waals surface area contributed by atoms with Crippen molar-refractivity contribution in [3.63, 3.8) is 0 Å². The van der Waals surface area contributed by atoms with Gasteiger partial charge in [0.25, 0.3) is 5.69 Å². The Morgan fingerprint density at radius 2 is 1.88 bits per heavy atom. The molecule has 7 heteroatoms. The van der Waals surface area contributed by atoms with E-state index in [4.69, 9.17) is 23.2 Å². The van der Waals surface area contributed by atoms with Gasteiger partial charge in [-0.05, 0) is 30.5 Å². The highest BCUT2D eigenvalue weighted by Gasteiger charge is 2.16. The molecular weight excluding hydrogens is 363 g/mol. The molecule has 0 aromatic heterocycles. The largest absolute Gasteiger partial charge is 0.341 e. The molecule has 0 aliphatic heterocycles. The molecule has 0 saturated carbocycles. The van der Waals surface area contributed by atoms with E-state index in [1.165, 1.54) is 11.0 Å². The zero-order valence-electron chi connectivity index (χ0n) is 13.7. The number of halogens is 2. The van der Waals surface area contributed by atoms with E-state index in [0.29, 0.717) is 34.9 Å². The summed E-state index contributed by atoms with van der Waals surface area (Å²) in [5.41, 5.74) is 1.56. The predicted molar refractivity (Wildman–Crippen MR) is 99.0 cm³/mol. The summed E-state index contributed by atoms with van der Waals surface area (Å²) in [6.07, 6.45) is 1.73. The third kappa shape index (κ3) is 5.44. The zero-order valence-corrected chi connectivity index (χ0v) is 15.3. The van der Waals surface area contributed by atoms with Gasteiger partial charge in [0.15, 0.2) is 0 Å². The molecule has 0 saturated heterocycles. The number of rotatable bonds is 7. The Labute approximate surface area is 156 Å². The molecule has 0 radical (unpaired) electrons. The van der Waals surface area contributed by atoms with Crippen LogP contribution in [0.25, 0.3) is 0 Å². The third-order valence-electron chi connectivity index (χ3n) is 3.86. The van der Waals surface area contributed by atoms with Crippen molar-refractivity contribution in [3.05, 3.63) is 73.8 Å². The monoisotopic (exact) mass is 380 g/mol. The van der Waals surface area contributed by atoms with Crippen LogP contribution in [-0.2, 0) is 17.8 Å². The molecule has 0 aliphatic carbocycles. The van der Waals surface area contributed by atoms with Gasteiger partial charge in [-0.3, -0.25) is 14.9 Å². The fourth-order valence-electron chi connectivity index (χ4n) is 2.50. The number of nitrogens with zero attached hydrogens (tertiary/aromatic N) is 2. The highest BCUT2D eigenvalue weighted by Crippen LogP contribution is 2.23. The van der Waals surface area contributed by atoms with Crippen molar-refractivity contribution in [1.82, 2.24) is 4.90 Å². The molecule has 2 rings (SSSR count). The van der Waals surface area contributed by atoms with E-state index < -0.39 is 4.92 Å². The van der Waals surface area contributed by atoms with Crippen LogP contribution in [-0.4, -0.2) is 22.8 Å². The van der Waals surface area contributed by atoms with Crippen LogP contribution in [0.2, 0.25) is 10.0 Å². The Balaban J connectivity index is 1.88. The number of para-hydroxylation sites is 1. The first-order valence-corrected chi connectivity index (χ1v) is 8.54. The minimum atomic E-state index is -0.433. The maximum atomic E-state index is 12.2. The van der Waals surface area contributed by atoms with Crippen LogP contribution in [0.1, 0.15) is 24.0 Å². The van der Waals surface area contributed by atoms with Crippen LogP contribution in [0.15, 0.2) is 42.5 Å². The van der Waals surface area contributed by atoms with E-state index in [1.54, 1.807) is 37.4 Å². The molecule has 132 valence electrons. The second kappa shape index (κ2) is 8.83. The Bertz CT molecular complexity index is 781. The molecule has 25 heavy (non-hydrogen) atoms. The van der Waals surface area contributed by atoms with Crippen molar-refractivity contribution in [3.8, 4) is 0 Å². The normalized spacial score (nSPS) is 10.5. The first kappa shape index (κ1) is 19.2. The van der Waals surface area contributed by atoms with Gasteiger partial charge in [-0.15, -0.1) is 0 Å².